The van der Waals surface area contributed by atoms with Crippen LogP contribution >= 0.6 is 0 Å². The summed E-state index contributed by atoms with van der Waals surface area (Å²) >= 11 is 0. The quantitative estimate of drug-likeness (QED) is 0.732. The van der Waals surface area contributed by atoms with Gasteiger partial charge in [0.05, 0.1) is 0 Å². The van der Waals surface area contributed by atoms with Gasteiger partial charge < -0.3 is 15.5 Å². The van der Waals surface area contributed by atoms with Crippen molar-refractivity contribution in [2.75, 3.05) is 16.8 Å². The minimum Gasteiger partial charge on any atom is -0.350 e. The summed E-state index contributed by atoms with van der Waals surface area (Å²) in [7, 11) is 0. The summed E-state index contributed by atoms with van der Waals surface area (Å²) in [5.74, 6) is -0.403. The Hall–Kier alpha value is -3.22. The number of hydrogen-bond acceptors (Lipinski definition) is 4. The summed E-state index contributed by atoms with van der Waals surface area (Å²) < 4.78 is 0. The Labute approximate surface area is 177 Å². The van der Waals surface area contributed by atoms with Crippen molar-refractivity contribution in [2.24, 2.45) is 0 Å². The second kappa shape index (κ2) is 10.0. The molecule has 0 aliphatic heterocycles. The molecule has 160 valence electrons. The zero-order chi connectivity index (χ0) is 22.3. The highest BCUT2D eigenvalue weighted by molar-refractivity contribution is 6.01. The molecule has 3 amide bonds. The maximum absolute atomic E-state index is 12.9. The lowest BCUT2D eigenvalue weighted by atomic mass is 10.1. The summed E-state index contributed by atoms with van der Waals surface area (Å²) in [4.78, 5) is 43.1. The van der Waals surface area contributed by atoms with Gasteiger partial charge in [0.2, 0.25) is 17.7 Å². The average molecular weight is 411 g/mol. The minimum atomic E-state index is -0.404. The first-order valence-electron chi connectivity index (χ1n) is 9.94. The molecule has 2 aromatic rings. The van der Waals surface area contributed by atoms with E-state index >= 15 is 0 Å². The molecule has 0 bridgehead atoms. The number of carbonyl (C=O) groups excluding carboxylic acids is 3. The van der Waals surface area contributed by atoms with E-state index in [4.69, 9.17) is 0 Å². The fourth-order valence-corrected chi connectivity index (χ4v) is 2.89. The first-order valence-corrected chi connectivity index (χ1v) is 9.94. The van der Waals surface area contributed by atoms with Crippen molar-refractivity contribution in [3.63, 3.8) is 0 Å². The molecule has 1 aromatic heterocycles. The smallest absolute Gasteiger partial charge is 0.240 e. The highest BCUT2D eigenvalue weighted by Gasteiger charge is 2.22. The molecular formula is C23H30N4O3. The van der Waals surface area contributed by atoms with Crippen LogP contribution in [0, 0.1) is 13.8 Å². The zero-order valence-corrected chi connectivity index (χ0v) is 18.3. The average Bonchev–Trinajstić information content (AvgIpc) is 2.63. The van der Waals surface area contributed by atoms with Crippen LogP contribution in [0.5, 0.6) is 0 Å². The first kappa shape index (κ1) is 23.1. The molecule has 7 heteroatoms. The van der Waals surface area contributed by atoms with Gasteiger partial charge in [-0.1, -0.05) is 12.1 Å². The maximum atomic E-state index is 12.9. The van der Waals surface area contributed by atoms with Gasteiger partial charge in [0.15, 0.2) is 0 Å². The normalized spacial score (nSPS) is 11.0. The number of pyridine rings is 1. The van der Waals surface area contributed by atoms with Crippen LogP contribution < -0.4 is 15.5 Å². The number of carbonyl (C=O) groups is 3. The Kier molecular flexibility index (Phi) is 7.69. The number of anilines is 2. The van der Waals surface area contributed by atoms with Gasteiger partial charge in [-0.25, -0.2) is 4.98 Å². The van der Waals surface area contributed by atoms with Crippen LogP contribution in [0.25, 0.3) is 0 Å². The third-order valence-electron chi connectivity index (χ3n) is 4.18. The lowest BCUT2D eigenvalue weighted by Gasteiger charge is -2.26. The monoisotopic (exact) mass is 410 g/mol. The molecule has 0 spiro atoms. The van der Waals surface area contributed by atoms with Crippen molar-refractivity contribution in [2.45, 2.75) is 53.0 Å². The number of rotatable bonds is 7. The SMILES string of the molecule is Cc1cccc(N(CC(=O)NC(C)(C)C)C(=O)CCC(=O)Nc2cc(C)ccn2)c1. The molecule has 1 heterocycles. The standard InChI is InChI=1S/C23H30N4O3/c1-16-7-6-8-18(13-16)27(15-21(29)26-23(3,4)5)22(30)10-9-20(28)25-19-14-17(2)11-12-24-19/h6-8,11-14H,9-10,15H2,1-5H3,(H,26,29)(H,24,25,28). The van der Waals surface area contributed by atoms with Crippen LogP contribution in [0.2, 0.25) is 0 Å². The summed E-state index contributed by atoms with van der Waals surface area (Å²) in [6, 6.07) is 11.0. The van der Waals surface area contributed by atoms with Gasteiger partial charge in [0.25, 0.3) is 0 Å². The van der Waals surface area contributed by atoms with E-state index in [0.717, 1.165) is 11.1 Å². The molecule has 0 saturated heterocycles. The van der Waals surface area contributed by atoms with E-state index in [9.17, 15) is 14.4 Å². The van der Waals surface area contributed by atoms with Crippen LogP contribution in [-0.2, 0) is 14.4 Å². The van der Waals surface area contributed by atoms with Crippen molar-refractivity contribution in [3.8, 4) is 0 Å². The lowest BCUT2D eigenvalue weighted by molar-refractivity contribution is -0.125. The molecule has 0 aliphatic rings. The van der Waals surface area contributed by atoms with Gasteiger partial charge in [0, 0.05) is 30.3 Å². The summed E-state index contributed by atoms with van der Waals surface area (Å²) in [5.41, 5.74) is 2.18. The summed E-state index contributed by atoms with van der Waals surface area (Å²) in [5, 5.41) is 5.57. The molecule has 2 rings (SSSR count). The van der Waals surface area contributed by atoms with Gasteiger partial charge in [-0.15, -0.1) is 0 Å². The van der Waals surface area contributed by atoms with Crippen molar-refractivity contribution in [1.82, 2.24) is 10.3 Å². The van der Waals surface area contributed by atoms with E-state index in [0.29, 0.717) is 11.5 Å². The molecule has 0 saturated carbocycles. The van der Waals surface area contributed by atoms with E-state index in [1.54, 1.807) is 18.3 Å². The van der Waals surface area contributed by atoms with Gasteiger partial charge in [-0.2, -0.15) is 0 Å². The number of nitrogens with one attached hydrogen (secondary N) is 2. The molecule has 0 atom stereocenters. The van der Waals surface area contributed by atoms with Crippen molar-refractivity contribution in [1.29, 1.82) is 0 Å². The fraction of sp³-hybridized carbons (Fsp3) is 0.391. The fourth-order valence-electron chi connectivity index (χ4n) is 2.89. The molecule has 7 nitrogen and oxygen atoms in total. The Balaban J connectivity index is 2.06. The van der Waals surface area contributed by atoms with E-state index in [1.165, 1.54) is 4.90 Å². The molecule has 1 aromatic carbocycles. The predicted octanol–water partition coefficient (Wildman–Crippen LogP) is 3.37. The first-order chi connectivity index (χ1) is 14.0. The number of benzene rings is 1. The highest BCUT2D eigenvalue weighted by atomic mass is 16.2. The van der Waals surface area contributed by atoms with Gasteiger partial charge in [-0.05, 0) is 70.0 Å². The number of aromatic nitrogens is 1. The van der Waals surface area contributed by atoms with Crippen LogP contribution in [0.4, 0.5) is 11.5 Å². The zero-order valence-electron chi connectivity index (χ0n) is 18.3. The highest BCUT2D eigenvalue weighted by Crippen LogP contribution is 2.18. The second-order valence-electron chi connectivity index (χ2n) is 8.38. The second-order valence-corrected chi connectivity index (χ2v) is 8.38. The number of amides is 3. The van der Waals surface area contributed by atoms with E-state index < -0.39 is 5.54 Å². The van der Waals surface area contributed by atoms with Gasteiger partial charge in [0.1, 0.15) is 12.4 Å². The van der Waals surface area contributed by atoms with E-state index in [2.05, 4.69) is 15.6 Å². The van der Waals surface area contributed by atoms with Crippen LogP contribution in [0.1, 0.15) is 44.7 Å². The number of hydrogen-bond donors (Lipinski definition) is 2. The third kappa shape index (κ3) is 7.66. The molecular weight excluding hydrogens is 380 g/mol. The Morgan fingerprint density at radius 1 is 0.967 bits per heavy atom. The molecule has 30 heavy (non-hydrogen) atoms. The van der Waals surface area contributed by atoms with Crippen LogP contribution in [0.15, 0.2) is 42.6 Å². The predicted molar refractivity (Wildman–Crippen MR) is 118 cm³/mol. The molecule has 0 radical (unpaired) electrons. The number of aryl methyl sites for hydroxylation is 2. The van der Waals surface area contributed by atoms with Gasteiger partial charge in [-0.3, -0.25) is 14.4 Å². The van der Waals surface area contributed by atoms with Crippen molar-refractivity contribution >= 4 is 29.2 Å². The topological polar surface area (TPSA) is 91.4 Å². The van der Waals surface area contributed by atoms with Crippen molar-refractivity contribution in [3.05, 3.63) is 53.7 Å². The number of nitrogens with zero attached hydrogens (tertiary/aromatic N) is 2. The van der Waals surface area contributed by atoms with Crippen LogP contribution in [0.3, 0.4) is 0 Å². The lowest BCUT2D eigenvalue weighted by Crippen LogP contribution is -2.47. The minimum absolute atomic E-state index is 0.00232. The molecule has 0 fully saturated rings. The Morgan fingerprint density at radius 2 is 1.67 bits per heavy atom. The van der Waals surface area contributed by atoms with Crippen LogP contribution in [-0.4, -0.2) is 34.8 Å². The van der Waals surface area contributed by atoms with Crippen molar-refractivity contribution < 1.29 is 14.4 Å². The molecule has 0 aliphatic carbocycles. The van der Waals surface area contributed by atoms with Gasteiger partial charge >= 0.3 is 0 Å². The van der Waals surface area contributed by atoms with E-state index in [1.807, 2.05) is 58.9 Å². The molecule has 2 N–H and O–H groups in total. The maximum Gasteiger partial charge on any atom is 0.240 e. The molecule has 0 unspecified atom stereocenters. The summed E-state index contributed by atoms with van der Waals surface area (Å²) in [6.07, 6.45) is 1.59. The summed E-state index contributed by atoms with van der Waals surface area (Å²) in [6.45, 7) is 9.36. The Bertz CT molecular complexity index is 919. The Morgan fingerprint density at radius 3 is 2.30 bits per heavy atom. The third-order valence-corrected chi connectivity index (χ3v) is 4.18. The van der Waals surface area contributed by atoms with E-state index in [-0.39, 0.29) is 37.1 Å². The largest absolute Gasteiger partial charge is 0.350 e.